The van der Waals surface area contributed by atoms with Gasteiger partial charge in [-0.05, 0) is 34.7 Å². The van der Waals surface area contributed by atoms with E-state index in [0.29, 0.717) is 17.4 Å². The average Bonchev–Trinajstić information content (AvgIpc) is 3.37. The molecule has 0 bridgehead atoms. The van der Waals surface area contributed by atoms with Gasteiger partial charge in [-0.15, -0.1) is 0 Å². The fraction of sp³-hybridized carbons (Fsp3) is 0.364. The third-order valence-corrected chi connectivity index (χ3v) is 7.85. The zero-order valence-electron chi connectivity index (χ0n) is 23.6. The molecule has 1 saturated heterocycles. The number of nitrogens with zero attached hydrogens (tertiary/aromatic N) is 2. The van der Waals surface area contributed by atoms with Gasteiger partial charge in [-0.2, -0.15) is 0 Å². The summed E-state index contributed by atoms with van der Waals surface area (Å²) in [5, 5.41) is 3.10. The molecule has 5 rings (SSSR count). The molecular weight excluding hydrogens is 521 g/mol. The molecule has 4 atom stereocenters. The lowest BCUT2D eigenvalue weighted by molar-refractivity contribution is -0.140. The maximum absolute atomic E-state index is 14.7. The maximum Gasteiger partial charge on any atom is 0.243 e. The van der Waals surface area contributed by atoms with Gasteiger partial charge in [0, 0.05) is 13.3 Å². The van der Waals surface area contributed by atoms with Crippen LogP contribution in [0.4, 0.5) is 10.1 Å². The van der Waals surface area contributed by atoms with E-state index < -0.39 is 30.3 Å². The molecule has 0 aliphatic carbocycles. The van der Waals surface area contributed by atoms with Crippen LogP contribution in [-0.2, 0) is 14.4 Å². The number of carbonyl (C=O) groups is 3. The summed E-state index contributed by atoms with van der Waals surface area (Å²) in [6.07, 6.45) is -2.07. The minimum Gasteiger partial charge on any atom is -0.486 e. The lowest BCUT2D eigenvalue weighted by atomic mass is 9.95. The van der Waals surface area contributed by atoms with Crippen LogP contribution in [0.3, 0.4) is 0 Å². The lowest BCUT2D eigenvalue weighted by Crippen LogP contribution is -2.49. The molecule has 1 N–H and O–H groups in total. The molecule has 0 aromatic heterocycles. The van der Waals surface area contributed by atoms with Crippen molar-refractivity contribution in [3.8, 4) is 5.75 Å². The molecule has 3 aromatic rings. The Morgan fingerprint density at radius 3 is 2.22 bits per heavy atom. The first-order valence-electron chi connectivity index (χ1n) is 14.1. The highest BCUT2D eigenvalue weighted by Gasteiger charge is 2.42. The smallest absolute Gasteiger partial charge is 0.243 e. The number of rotatable bonds is 7. The summed E-state index contributed by atoms with van der Waals surface area (Å²) in [6, 6.07) is 23.5. The van der Waals surface area contributed by atoms with E-state index in [4.69, 9.17) is 4.74 Å². The molecule has 8 heteroatoms. The van der Waals surface area contributed by atoms with Crippen molar-refractivity contribution in [3.63, 3.8) is 0 Å². The second-order valence-corrected chi connectivity index (χ2v) is 11.1. The number of fused-ring (bicyclic) bond motifs is 1. The first kappa shape index (κ1) is 28.3. The number of anilines is 1. The van der Waals surface area contributed by atoms with Crippen molar-refractivity contribution in [2.45, 2.75) is 63.9 Å². The highest BCUT2D eigenvalue weighted by atomic mass is 19.1. The molecule has 1 unspecified atom stereocenters. The number of hydrogen-bond acceptors (Lipinski definition) is 4. The average molecular weight is 558 g/mol. The van der Waals surface area contributed by atoms with Gasteiger partial charge in [0.05, 0.1) is 31.2 Å². The summed E-state index contributed by atoms with van der Waals surface area (Å²) in [5.41, 5.74) is 3.64. The minimum absolute atomic E-state index is 0.0701. The number of benzene rings is 3. The summed E-state index contributed by atoms with van der Waals surface area (Å²) >= 11 is 0. The Kier molecular flexibility index (Phi) is 8.38. The highest BCUT2D eigenvalue weighted by Crippen LogP contribution is 2.34. The van der Waals surface area contributed by atoms with Gasteiger partial charge in [0.1, 0.15) is 24.1 Å². The molecule has 2 aliphatic rings. The van der Waals surface area contributed by atoms with Crippen LogP contribution in [0.15, 0.2) is 78.9 Å². The fourth-order valence-electron chi connectivity index (χ4n) is 5.64. The third kappa shape index (κ3) is 6.26. The monoisotopic (exact) mass is 557 g/mol. The third-order valence-electron chi connectivity index (χ3n) is 7.85. The predicted molar refractivity (Wildman–Crippen MR) is 155 cm³/mol. The molecule has 1 fully saturated rings. The quantitative estimate of drug-likeness (QED) is 0.435. The Labute approximate surface area is 240 Å². The van der Waals surface area contributed by atoms with Crippen molar-refractivity contribution in [1.29, 1.82) is 0 Å². The van der Waals surface area contributed by atoms with E-state index in [0.717, 1.165) is 11.1 Å². The van der Waals surface area contributed by atoms with E-state index in [1.807, 2.05) is 48.5 Å². The van der Waals surface area contributed by atoms with Crippen molar-refractivity contribution in [2.75, 3.05) is 18.0 Å². The molecule has 214 valence electrons. The van der Waals surface area contributed by atoms with Crippen molar-refractivity contribution in [2.24, 2.45) is 0 Å². The summed E-state index contributed by atoms with van der Waals surface area (Å²) in [5.74, 6) is -0.0531. The zero-order chi connectivity index (χ0) is 29.1. The van der Waals surface area contributed by atoms with Crippen molar-refractivity contribution < 1.29 is 23.5 Å². The van der Waals surface area contributed by atoms with Gasteiger partial charge in [-0.3, -0.25) is 14.4 Å². The number of nitrogens with one attached hydrogen (secondary N) is 1. The van der Waals surface area contributed by atoms with Gasteiger partial charge >= 0.3 is 0 Å². The standard InChI is InChI=1S/C33H36FN3O4/c1-21(2)23-13-15-25(16-14-23)32(24-9-5-4-6-10-24)35-33(40)29-17-26(34)19-37(29)31(39)18-27-20-36(22(3)38)28-11-7-8-12-30(28)41-27/h4-16,21,26-27,29,32H,17-20H2,1-3H3,(H,35,40)/t26-,27?,29+,32+/m1/s1. The minimum atomic E-state index is -1.31. The number of alkyl halides is 1. The predicted octanol–water partition coefficient (Wildman–Crippen LogP) is 5.16. The van der Waals surface area contributed by atoms with Gasteiger partial charge in [-0.25, -0.2) is 4.39 Å². The Balaban J connectivity index is 1.33. The second-order valence-electron chi connectivity index (χ2n) is 11.1. The first-order chi connectivity index (χ1) is 19.7. The van der Waals surface area contributed by atoms with Crippen LogP contribution in [-0.4, -0.2) is 54.0 Å². The summed E-state index contributed by atoms with van der Waals surface area (Å²) in [6.45, 7) is 5.76. The van der Waals surface area contributed by atoms with E-state index in [-0.39, 0.29) is 37.7 Å². The lowest BCUT2D eigenvalue weighted by Gasteiger charge is -2.35. The van der Waals surface area contributed by atoms with Gasteiger partial charge in [0.25, 0.3) is 0 Å². The maximum atomic E-state index is 14.7. The van der Waals surface area contributed by atoms with Gasteiger partial charge < -0.3 is 19.9 Å². The van der Waals surface area contributed by atoms with E-state index >= 15 is 0 Å². The van der Waals surface area contributed by atoms with Crippen LogP contribution in [0.2, 0.25) is 0 Å². The fourth-order valence-corrected chi connectivity index (χ4v) is 5.64. The van der Waals surface area contributed by atoms with Gasteiger partial charge in [0.15, 0.2) is 0 Å². The molecule has 0 radical (unpaired) electrons. The molecular formula is C33H36FN3O4. The number of para-hydroxylation sites is 2. The SMILES string of the molecule is CC(=O)N1CC(CC(=O)N2C[C@H](F)C[C@H]2C(=O)N[C@@H](c2ccccc2)c2ccc(C(C)C)cc2)Oc2ccccc21. The Hall–Kier alpha value is -4.20. The number of ether oxygens (including phenoxy) is 1. The molecule has 0 saturated carbocycles. The van der Waals surface area contributed by atoms with Gasteiger partial charge in [0.2, 0.25) is 17.7 Å². The van der Waals surface area contributed by atoms with Crippen LogP contribution >= 0.6 is 0 Å². The first-order valence-corrected chi connectivity index (χ1v) is 14.1. The second kappa shape index (κ2) is 12.1. The van der Waals surface area contributed by atoms with E-state index in [9.17, 15) is 18.8 Å². The largest absolute Gasteiger partial charge is 0.486 e. The number of hydrogen-bond donors (Lipinski definition) is 1. The Morgan fingerprint density at radius 1 is 0.902 bits per heavy atom. The highest BCUT2D eigenvalue weighted by molar-refractivity contribution is 5.94. The van der Waals surface area contributed by atoms with Crippen LogP contribution in [0.25, 0.3) is 0 Å². The summed E-state index contributed by atoms with van der Waals surface area (Å²) in [4.78, 5) is 42.4. The number of halogens is 1. The van der Waals surface area contributed by atoms with Crippen molar-refractivity contribution >= 4 is 23.4 Å². The molecule has 0 spiro atoms. The normalized spacial score (nSPS) is 20.8. The molecule has 41 heavy (non-hydrogen) atoms. The number of amides is 3. The molecule has 3 amide bonds. The number of likely N-dealkylation sites (tertiary alicyclic amines) is 1. The molecule has 2 aliphatic heterocycles. The van der Waals surface area contributed by atoms with Crippen LogP contribution < -0.4 is 15.0 Å². The molecule has 3 aromatic carbocycles. The molecule has 2 heterocycles. The van der Waals surface area contributed by atoms with Crippen LogP contribution in [0.1, 0.15) is 62.3 Å². The Bertz CT molecular complexity index is 1400. The Morgan fingerprint density at radius 2 is 1.54 bits per heavy atom. The van der Waals surface area contributed by atoms with Crippen LogP contribution in [0, 0.1) is 0 Å². The van der Waals surface area contributed by atoms with E-state index in [2.05, 4.69) is 31.3 Å². The van der Waals surface area contributed by atoms with Gasteiger partial charge in [-0.1, -0.05) is 80.6 Å². The summed E-state index contributed by atoms with van der Waals surface area (Å²) < 4.78 is 20.8. The zero-order valence-corrected chi connectivity index (χ0v) is 23.6. The van der Waals surface area contributed by atoms with E-state index in [1.54, 1.807) is 23.1 Å². The topological polar surface area (TPSA) is 79.0 Å². The molecule has 7 nitrogen and oxygen atoms in total. The van der Waals surface area contributed by atoms with Crippen molar-refractivity contribution in [3.05, 3.63) is 95.6 Å². The van der Waals surface area contributed by atoms with E-state index in [1.165, 1.54) is 17.4 Å². The summed E-state index contributed by atoms with van der Waals surface area (Å²) in [7, 11) is 0. The van der Waals surface area contributed by atoms with Crippen LogP contribution in [0.5, 0.6) is 5.75 Å². The van der Waals surface area contributed by atoms with Crippen molar-refractivity contribution in [1.82, 2.24) is 10.2 Å². The number of carbonyl (C=O) groups excluding carboxylic acids is 3.